The number of hydrogen-bond acceptors (Lipinski definition) is 8. The fourth-order valence-electron chi connectivity index (χ4n) is 2.92. The van der Waals surface area contributed by atoms with Crippen LogP contribution in [0, 0.1) is 10.1 Å². The van der Waals surface area contributed by atoms with E-state index in [0.29, 0.717) is 17.3 Å². The Labute approximate surface area is 202 Å². The molecule has 0 spiro atoms. The molecule has 1 aliphatic heterocycles. The monoisotopic (exact) mass is 510 g/mol. The molecule has 2 amide bonds. The number of esters is 1. The number of carbonyl (C=O) groups excluding carboxylic acids is 3. The van der Waals surface area contributed by atoms with Gasteiger partial charge in [-0.1, -0.05) is 41.4 Å². The number of halogens is 2. The largest absolute Gasteiger partial charge is 0.479 e. The van der Waals surface area contributed by atoms with Crippen LogP contribution < -0.4 is 4.74 Å². The molecule has 0 atom stereocenters. The summed E-state index contributed by atoms with van der Waals surface area (Å²) in [5.41, 5.74) is 0.474. The Hall–Kier alpha value is -3.08. The third-order valence-electron chi connectivity index (χ3n) is 4.35. The highest BCUT2D eigenvalue weighted by molar-refractivity contribution is 8.18. The van der Waals surface area contributed by atoms with Gasteiger partial charge in [-0.2, -0.15) is 0 Å². The van der Waals surface area contributed by atoms with Crippen molar-refractivity contribution in [2.45, 2.75) is 13.5 Å². The highest BCUT2D eigenvalue weighted by Gasteiger charge is 2.36. The quantitative estimate of drug-likeness (QED) is 0.209. The van der Waals surface area contributed by atoms with Crippen molar-refractivity contribution in [3.05, 3.63) is 72.6 Å². The van der Waals surface area contributed by atoms with Crippen molar-refractivity contribution < 1.29 is 28.8 Å². The predicted molar refractivity (Wildman–Crippen MR) is 123 cm³/mol. The van der Waals surface area contributed by atoms with Gasteiger partial charge in [0, 0.05) is 11.6 Å². The van der Waals surface area contributed by atoms with Crippen molar-refractivity contribution >= 4 is 63.8 Å². The van der Waals surface area contributed by atoms with Crippen molar-refractivity contribution in [2.24, 2.45) is 0 Å². The number of nitrogens with zero attached hydrogens (tertiary/aromatic N) is 2. The first kappa shape index (κ1) is 24.6. The molecule has 1 aliphatic rings. The summed E-state index contributed by atoms with van der Waals surface area (Å²) in [4.78, 5) is 48.3. The topological polar surface area (TPSA) is 116 Å². The third-order valence-corrected chi connectivity index (χ3v) is 5.82. The molecular weight excluding hydrogens is 495 g/mol. The van der Waals surface area contributed by atoms with Gasteiger partial charge in [0.1, 0.15) is 0 Å². The van der Waals surface area contributed by atoms with Crippen LogP contribution in [0.1, 0.15) is 18.1 Å². The molecule has 1 saturated heterocycles. The lowest BCUT2D eigenvalue weighted by atomic mass is 10.1. The van der Waals surface area contributed by atoms with Crippen LogP contribution in [0.4, 0.5) is 10.5 Å². The van der Waals surface area contributed by atoms with Crippen molar-refractivity contribution in [1.29, 1.82) is 0 Å². The number of ether oxygens (including phenoxy) is 2. The van der Waals surface area contributed by atoms with Crippen LogP contribution >= 0.6 is 35.0 Å². The minimum absolute atomic E-state index is 0.0769. The van der Waals surface area contributed by atoms with Gasteiger partial charge in [-0.15, -0.1) is 0 Å². The predicted octanol–water partition coefficient (Wildman–Crippen LogP) is 5.08. The van der Waals surface area contributed by atoms with Gasteiger partial charge in [0.15, 0.2) is 12.4 Å². The van der Waals surface area contributed by atoms with Crippen LogP contribution in [0.3, 0.4) is 0 Å². The number of para-hydroxylation sites is 1. The Morgan fingerprint density at radius 2 is 1.88 bits per heavy atom. The number of thioether (sulfide) groups is 1. The third kappa shape index (κ3) is 5.84. The Balaban J connectivity index is 1.79. The van der Waals surface area contributed by atoms with E-state index in [0.717, 1.165) is 4.90 Å². The molecule has 0 saturated carbocycles. The Morgan fingerprint density at radius 3 is 2.52 bits per heavy atom. The lowest BCUT2D eigenvalue weighted by Crippen LogP contribution is -2.27. The maximum absolute atomic E-state index is 12.8. The van der Waals surface area contributed by atoms with Crippen LogP contribution in [0.25, 0.3) is 6.08 Å². The summed E-state index contributed by atoms with van der Waals surface area (Å²) >= 11 is 13.1. The molecule has 2 aromatic rings. The molecule has 3 rings (SSSR count). The molecule has 33 heavy (non-hydrogen) atoms. The van der Waals surface area contributed by atoms with Gasteiger partial charge in [0.05, 0.1) is 33.0 Å². The molecule has 1 fully saturated rings. The van der Waals surface area contributed by atoms with Crippen LogP contribution in [0.5, 0.6) is 5.75 Å². The molecule has 172 valence electrons. The molecule has 9 nitrogen and oxygen atoms in total. The Morgan fingerprint density at radius 1 is 1.21 bits per heavy atom. The highest BCUT2D eigenvalue weighted by atomic mass is 35.5. The molecule has 1 heterocycles. The van der Waals surface area contributed by atoms with Crippen LogP contribution in [-0.4, -0.2) is 40.2 Å². The molecule has 0 N–H and O–H groups in total. The van der Waals surface area contributed by atoms with Crippen molar-refractivity contribution in [3.8, 4) is 5.75 Å². The van der Waals surface area contributed by atoms with E-state index in [1.807, 2.05) is 0 Å². The molecule has 0 aromatic heterocycles. The fourth-order valence-corrected chi connectivity index (χ4v) is 4.37. The second-order valence-electron chi connectivity index (χ2n) is 6.56. The number of imide groups is 1. The van der Waals surface area contributed by atoms with E-state index in [1.54, 1.807) is 13.0 Å². The van der Waals surface area contributed by atoms with Gasteiger partial charge in [0.2, 0.25) is 0 Å². The van der Waals surface area contributed by atoms with Crippen molar-refractivity contribution in [1.82, 2.24) is 4.90 Å². The second-order valence-corrected chi connectivity index (χ2v) is 8.37. The van der Waals surface area contributed by atoms with Crippen LogP contribution in [0.2, 0.25) is 10.0 Å². The summed E-state index contributed by atoms with van der Waals surface area (Å²) in [6.07, 6.45) is 1.43. The maximum Gasteiger partial charge on any atom is 0.344 e. The molecule has 2 aromatic carbocycles. The number of nitro groups is 1. The zero-order chi connectivity index (χ0) is 24.1. The van der Waals surface area contributed by atoms with Gasteiger partial charge in [-0.3, -0.25) is 24.6 Å². The lowest BCUT2D eigenvalue weighted by Gasteiger charge is -2.12. The van der Waals surface area contributed by atoms with E-state index >= 15 is 0 Å². The Kier molecular flexibility index (Phi) is 7.96. The van der Waals surface area contributed by atoms with Crippen molar-refractivity contribution in [3.63, 3.8) is 0 Å². The normalized spacial score (nSPS) is 14.6. The number of benzene rings is 2. The zero-order valence-corrected chi connectivity index (χ0v) is 19.4. The summed E-state index contributed by atoms with van der Waals surface area (Å²) in [5.74, 6) is -1.10. The maximum atomic E-state index is 12.8. The van der Waals surface area contributed by atoms with Gasteiger partial charge in [-0.05, 0) is 42.5 Å². The summed E-state index contributed by atoms with van der Waals surface area (Å²) < 4.78 is 10.1. The number of nitro benzene ring substituents is 1. The molecule has 0 aliphatic carbocycles. The fraction of sp³-hybridized carbons (Fsp3) is 0.190. The molecular formula is C21H16Cl2N2O7S. The first-order valence-corrected chi connectivity index (χ1v) is 11.0. The summed E-state index contributed by atoms with van der Waals surface area (Å²) in [7, 11) is 0. The highest BCUT2D eigenvalue weighted by Crippen LogP contribution is 2.38. The minimum atomic E-state index is -0.599. The zero-order valence-electron chi connectivity index (χ0n) is 17.1. The average Bonchev–Trinajstić information content (AvgIpc) is 3.01. The Bertz CT molecular complexity index is 1150. The second kappa shape index (κ2) is 10.7. The minimum Gasteiger partial charge on any atom is -0.479 e. The van der Waals surface area contributed by atoms with Crippen LogP contribution in [0.15, 0.2) is 41.3 Å². The number of amides is 2. The summed E-state index contributed by atoms with van der Waals surface area (Å²) in [5, 5.41) is 10.8. The van der Waals surface area contributed by atoms with Gasteiger partial charge in [0.25, 0.3) is 16.8 Å². The molecule has 0 bridgehead atoms. The van der Waals surface area contributed by atoms with Gasteiger partial charge < -0.3 is 9.47 Å². The van der Waals surface area contributed by atoms with E-state index in [9.17, 15) is 24.5 Å². The summed E-state index contributed by atoms with van der Waals surface area (Å²) in [6.45, 7) is 1.25. The van der Waals surface area contributed by atoms with E-state index in [-0.39, 0.29) is 51.7 Å². The molecule has 0 radical (unpaired) electrons. The first-order valence-electron chi connectivity index (χ1n) is 9.46. The number of rotatable bonds is 8. The van der Waals surface area contributed by atoms with E-state index in [2.05, 4.69) is 0 Å². The average molecular weight is 511 g/mol. The summed E-state index contributed by atoms with van der Waals surface area (Å²) in [6, 6.07) is 8.81. The standard InChI is InChI=1S/C21H16Cl2N2O7S/c1-2-31-18(26)11-32-19-14(22)7-12(8-15(19)23)9-17-20(27)24(21(28)33-17)10-13-5-3-4-6-16(13)25(29)30/h3-9H,2,10-11H2,1H3/b17-9-. The van der Waals surface area contributed by atoms with Gasteiger partial charge in [-0.25, -0.2) is 4.79 Å². The number of carbonyl (C=O) groups is 3. The van der Waals surface area contributed by atoms with Gasteiger partial charge >= 0.3 is 5.97 Å². The van der Waals surface area contributed by atoms with E-state index < -0.39 is 22.0 Å². The molecule has 0 unspecified atom stereocenters. The van der Waals surface area contributed by atoms with Crippen LogP contribution in [-0.2, 0) is 20.9 Å². The molecule has 12 heteroatoms. The SMILES string of the molecule is CCOC(=O)COc1c(Cl)cc(/C=C2\SC(=O)N(Cc3ccccc3[N+](=O)[O-])C2=O)cc1Cl. The lowest BCUT2D eigenvalue weighted by molar-refractivity contribution is -0.385. The van der Waals surface area contributed by atoms with E-state index in [4.69, 9.17) is 32.7 Å². The number of hydrogen-bond donors (Lipinski definition) is 0. The van der Waals surface area contributed by atoms with E-state index in [1.165, 1.54) is 36.4 Å². The smallest absolute Gasteiger partial charge is 0.344 e. The van der Waals surface area contributed by atoms with Crippen molar-refractivity contribution in [2.75, 3.05) is 13.2 Å². The first-order chi connectivity index (χ1) is 15.7.